The summed E-state index contributed by atoms with van der Waals surface area (Å²) < 4.78 is 30.5. The summed E-state index contributed by atoms with van der Waals surface area (Å²) in [7, 11) is -1.62. The van der Waals surface area contributed by atoms with E-state index in [2.05, 4.69) is 4.72 Å². The van der Waals surface area contributed by atoms with Crippen molar-refractivity contribution in [3.8, 4) is 0 Å². The number of aliphatic hydroxyl groups excluding tert-OH is 1. The van der Waals surface area contributed by atoms with Gasteiger partial charge in [0.15, 0.2) is 0 Å². The second-order valence-corrected chi connectivity index (χ2v) is 6.39. The van der Waals surface area contributed by atoms with Gasteiger partial charge >= 0.3 is 0 Å². The first kappa shape index (κ1) is 13.9. The van der Waals surface area contributed by atoms with Crippen molar-refractivity contribution in [2.75, 3.05) is 32.6 Å². The maximum Gasteiger partial charge on any atom is 0.211 e. The lowest BCUT2D eigenvalue weighted by atomic mass is 10.0. The highest BCUT2D eigenvalue weighted by Crippen LogP contribution is 2.47. The van der Waals surface area contributed by atoms with E-state index in [0.717, 1.165) is 12.8 Å². The topological polar surface area (TPSA) is 75.6 Å². The van der Waals surface area contributed by atoms with E-state index < -0.39 is 10.0 Å². The lowest BCUT2D eigenvalue weighted by Gasteiger charge is -2.14. The number of nitrogens with one attached hydrogen (secondary N) is 1. The third-order valence-corrected chi connectivity index (χ3v) is 4.44. The zero-order valence-electron chi connectivity index (χ0n) is 9.74. The van der Waals surface area contributed by atoms with Crippen LogP contribution in [0.5, 0.6) is 0 Å². The van der Waals surface area contributed by atoms with Crippen LogP contribution < -0.4 is 4.72 Å². The summed E-state index contributed by atoms with van der Waals surface area (Å²) >= 11 is 0. The molecule has 0 aromatic rings. The highest BCUT2D eigenvalue weighted by molar-refractivity contribution is 7.89. The molecule has 0 saturated heterocycles. The van der Waals surface area contributed by atoms with Gasteiger partial charge in [0.1, 0.15) is 0 Å². The third kappa shape index (κ3) is 4.78. The molecule has 1 rings (SSSR count). The molecular weight excluding hydrogens is 230 g/mol. The number of aliphatic hydroxyl groups is 1. The van der Waals surface area contributed by atoms with Crippen LogP contribution in [0.1, 0.15) is 25.7 Å². The van der Waals surface area contributed by atoms with Gasteiger partial charge in [0, 0.05) is 26.9 Å². The Kier molecular flexibility index (Phi) is 5.17. The molecule has 0 radical (unpaired) electrons. The second kappa shape index (κ2) is 5.95. The quantitative estimate of drug-likeness (QED) is 0.570. The molecule has 6 heteroatoms. The average Bonchev–Trinajstić information content (AvgIpc) is 2.97. The van der Waals surface area contributed by atoms with Crippen molar-refractivity contribution in [3.05, 3.63) is 0 Å². The van der Waals surface area contributed by atoms with Crippen LogP contribution in [0, 0.1) is 5.41 Å². The van der Waals surface area contributed by atoms with Crippen molar-refractivity contribution < 1.29 is 18.3 Å². The third-order valence-electron chi connectivity index (χ3n) is 3.03. The van der Waals surface area contributed by atoms with E-state index in [1.54, 1.807) is 7.11 Å². The molecule has 0 bridgehead atoms. The molecule has 0 atom stereocenters. The van der Waals surface area contributed by atoms with Crippen LogP contribution in [0.2, 0.25) is 0 Å². The number of hydrogen-bond acceptors (Lipinski definition) is 4. The molecule has 96 valence electrons. The van der Waals surface area contributed by atoms with Crippen LogP contribution in [0.4, 0.5) is 0 Å². The predicted molar refractivity (Wildman–Crippen MR) is 61.7 cm³/mol. The molecule has 0 heterocycles. The standard InChI is InChI=1S/C10H21NO4S/c1-15-7-2-8-16(13,14)11-9-10(3-4-10)5-6-12/h11-12H,2-9H2,1H3. The second-order valence-electron chi connectivity index (χ2n) is 4.46. The monoisotopic (exact) mass is 251 g/mol. The van der Waals surface area contributed by atoms with E-state index in [9.17, 15) is 8.42 Å². The van der Waals surface area contributed by atoms with Gasteiger partial charge in [-0.25, -0.2) is 13.1 Å². The fraction of sp³-hybridized carbons (Fsp3) is 1.00. The zero-order chi connectivity index (χ0) is 12.1. The van der Waals surface area contributed by atoms with Crippen molar-refractivity contribution in [2.45, 2.75) is 25.7 Å². The minimum atomic E-state index is -3.18. The van der Waals surface area contributed by atoms with Crippen LogP contribution in [0.3, 0.4) is 0 Å². The Balaban J connectivity index is 2.25. The molecule has 0 amide bonds. The Hall–Kier alpha value is -0.170. The highest BCUT2D eigenvalue weighted by Gasteiger charge is 2.42. The van der Waals surface area contributed by atoms with E-state index in [-0.39, 0.29) is 17.8 Å². The minimum Gasteiger partial charge on any atom is -0.396 e. The fourth-order valence-corrected chi connectivity index (χ4v) is 2.83. The molecule has 0 aliphatic heterocycles. The first-order chi connectivity index (χ1) is 7.54. The molecule has 5 nitrogen and oxygen atoms in total. The van der Waals surface area contributed by atoms with E-state index in [1.165, 1.54) is 0 Å². The van der Waals surface area contributed by atoms with Crippen LogP contribution in [0.15, 0.2) is 0 Å². The zero-order valence-corrected chi connectivity index (χ0v) is 10.6. The largest absolute Gasteiger partial charge is 0.396 e. The van der Waals surface area contributed by atoms with Gasteiger partial charge in [-0.3, -0.25) is 0 Å². The summed E-state index contributed by atoms with van der Waals surface area (Å²) in [5.41, 5.74) is 0.0308. The summed E-state index contributed by atoms with van der Waals surface area (Å²) in [4.78, 5) is 0. The molecule has 1 aliphatic carbocycles. The highest BCUT2D eigenvalue weighted by atomic mass is 32.2. The Morgan fingerprint density at radius 1 is 1.44 bits per heavy atom. The van der Waals surface area contributed by atoms with Gasteiger partial charge in [-0.1, -0.05) is 0 Å². The van der Waals surface area contributed by atoms with E-state index in [4.69, 9.17) is 9.84 Å². The predicted octanol–water partition coefficient (Wildman–Crippen LogP) is 0.105. The summed E-state index contributed by atoms with van der Waals surface area (Å²) in [6.07, 6.45) is 3.22. The summed E-state index contributed by atoms with van der Waals surface area (Å²) in [5.74, 6) is 0.107. The number of hydrogen-bond donors (Lipinski definition) is 2. The Morgan fingerprint density at radius 3 is 2.62 bits per heavy atom. The maximum atomic E-state index is 11.6. The number of sulfonamides is 1. The first-order valence-corrected chi connectivity index (χ1v) is 7.26. The van der Waals surface area contributed by atoms with Crippen molar-refractivity contribution in [1.82, 2.24) is 4.72 Å². The summed E-state index contributed by atoms with van der Waals surface area (Å²) in [6, 6.07) is 0. The number of methoxy groups -OCH3 is 1. The fourth-order valence-electron chi connectivity index (χ4n) is 1.66. The lowest BCUT2D eigenvalue weighted by molar-refractivity contribution is 0.199. The van der Waals surface area contributed by atoms with Crippen LogP contribution in [0.25, 0.3) is 0 Å². The Labute approximate surface area is 97.2 Å². The molecule has 0 aromatic carbocycles. The molecule has 16 heavy (non-hydrogen) atoms. The van der Waals surface area contributed by atoms with Gasteiger partial charge in [0.2, 0.25) is 10.0 Å². The maximum absolute atomic E-state index is 11.6. The Bertz CT molecular complexity index is 298. The molecule has 0 aromatic heterocycles. The molecular formula is C10H21NO4S. The van der Waals surface area contributed by atoms with Crippen molar-refractivity contribution >= 4 is 10.0 Å². The summed E-state index contributed by atoms with van der Waals surface area (Å²) in [6.45, 7) is 1.05. The van der Waals surface area contributed by atoms with Crippen LogP contribution >= 0.6 is 0 Å². The molecule has 0 unspecified atom stereocenters. The van der Waals surface area contributed by atoms with Crippen molar-refractivity contribution in [1.29, 1.82) is 0 Å². The van der Waals surface area contributed by atoms with Crippen molar-refractivity contribution in [3.63, 3.8) is 0 Å². The molecule has 1 fully saturated rings. The smallest absolute Gasteiger partial charge is 0.211 e. The van der Waals surface area contributed by atoms with Crippen molar-refractivity contribution in [2.24, 2.45) is 5.41 Å². The number of ether oxygens (including phenoxy) is 1. The SMILES string of the molecule is COCCCS(=O)(=O)NCC1(CCO)CC1. The average molecular weight is 251 g/mol. The molecule has 0 spiro atoms. The molecule has 1 aliphatic rings. The molecule has 2 N–H and O–H groups in total. The molecule has 1 saturated carbocycles. The summed E-state index contributed by atoms with van der Waals surface area (Å²) in [5, 5.41) is 8.85. The normalized spacial score (nSPS) is 18.6. The van der Waals surface area contributed by atoms with E-state index >= 15 is 0 Å². The minimum absolute atomic E-state index is 0.0308. The first-order valence-electron chi connectivity index (χ1n) is 5.61. The van der Waals surface area contributed by atoms with E-state index in [1.807, 2.05) is 0 Å². The van der Waals surface area contributed by atoms with Gasteiger partial charge in [-0.2, -0.15) is 0 Å². The van der Waals surface area contributed by atoms with Gasteiger partial charge < -0.3 is 9.84 Å². The van der Waals surface area contributed by atoms with Gasteiger partial charge in [-0.15, -0.1) is 0 Å². The van der Waals surface area contributed by atoms with Gasteiger partial charge in [-0.05, 0) is 31.1 Å². The van der Waals surface area contributed by atoms with Crippen LogP contribution in [-0.2, 0) is 14.8 Å². The van der Waals surface area contributed by atoms with Gasteiger partial charge in [0.05, 0.1) is 5.75 Å². The lowest BCUT2D eigenvalue weighted by Crippen LogP contribution is -2.32. The van der Waals surface area contributed by atoms with Gasteiger partial charge in [0.25, 0.3) is 0 Å². The number of rotatable bonds is 9. The van der Waals surface area contributed by atoms with E-state index in [0.29, 0.717) is 26.0 Å². The Morgan fingerprint density at radius 2 is 2.12 bits per heavy atom. The van der Waals surface area contributed by atoms with Crippen LogP contribution in [-0.4, -0.2) is 46.1 Å².